The van der Waals surface area contributed by atoms with Crippen molar-refractivity contribution >= 4 is 23.4 Å². The molecule has 2 nitrogen and oxygen atoms in total. The van der Waals surface area contributed by atoms with E-state index in [1.165, 1.54) is 30.0 Å². The van der Waals surface area contributed by atoms with Gasteiger partial charge in [-0.2, -0.15) is 0 Å². The summed E-state index contributed by atoms with van der Waals surface area (Å²) in [5, 5.41) is 2.60. The topological polar surface area (TPSA) is 29.1 Å². The van der Waals surface area contributed by atoms with Crippen LogP contribution in [0.4, 0.5) is 23.2 Å². The van der Waals surface area contributed by atoms with Gasteiger partial charge in [0.15, 0.2) is 17.5 Å². The van der Waals surface area contributed by atoms with Crippen LogP contribution < -0.4 is 5.32 Å². The Morgan fingerprint density at radius 1 is 1.04 bits per heavy atom. The number of carbonyl (C=O) groups excluding carboxylic acids is 1. The molecule has 26 heavy (non-hydrogen) atoms. The third kappa shape index (κ3) is 4.20. The minimum Gasteiger partial charge on any atom is -0.322 e. The number of rotatable bonds is 4. The molecule has 1 saturated carbocycles. The van der Waals surface area contributed by atoms with E-state index in [9.17, 15) is 22.4 Å². The van der Waals surface area contributed by atoms with Crippen molar-refractivity contribution in [2.24, 2.45) is 5.92 Å². The van der Waals surface area contributed by atoms with Crippen molar-refractivity contribution in [3.63, 3.8) is 0 Å². The van der Waals surface area contributed by atoms with E-state index in [1.807, 2.05) is 0 Å². The number of hydrogen-bond acceptors (Lipinski definition) is 2. The first kappa shape index (κ1) is 18.8. The van der Waals surface area contributed by atoms with Gasteiger partial charge in [-0.3, -0.25) is 4.79 Å². The van der Waals surface area contributed by atoms with Gasteiger partial charge in [-0.25, -0.2) is 17.6 Å². The standard InChI is InChI=1S/C19H17F4NOS/c1-10-2-4-13(6-10)26-17-7-11(3-5-14(17)20)19(25)24-12-8-15(21)18(23)16(22)9-12/h3,5,7-10,13H,2,4,6H2,1H3,(H,24,25). The first-order valence-electron chi connectivity index (χ1n) is 8.25. The number of amides is 1. The maximum Gasteiger partial charge on any atom is 0.255 e. The zero-order chi connectivity index (χ0) is 18.8. The van der Waals surface area contributed by atoms with Crippen molar-refractivity contribution in [1.82, 2.24) is 0 Å². The fourth-order valence-corrected chi connectivity index (χ4v) is 4.42. The van der Waals surface area contributed by atoms with E-state index in [1.54, 1.807) is 0 Å². The van der Waals surface area contributed by atoms with Crippen LogP contribution in [-0.4, -0.2) is 11.2 Å². The van der Waals surface area contributed by atoms with Crippen LogP contribution in [0.2, 0.25) is 0 Å². The van der Waals surface area contributed by atoms with Gasteiger partial charge in [-0.1, -0.05) is 6.92 Å². The monoisotopic (exact) mass is 383 g/mol. The highest BCUT2D eigenvalue weighted by atomic mass is 32.2. The molecule has 2 aromatic rings. The number of carbonyl (C=O) groups is 1. The lowest BCUT2D eigenvalue weighted by atomic mass is 10.1. The Bertz CT molecular complexity index is 819. The van der Waals surface area contributed by atoms with Gasteiger partial charge in [0, 0.05) is 33.5 Å². The minimum atomic E-state index is -1.60. The molecule has 0 spiro atoms. The van der Waals surface area contributed by atoms with E-state index in [0.29, 0.717) is 28.2 Å². The van der Waals surface area contributed by atoms with E-state index in [4.69, 9.17) is 0 Å². The summed E-state index contributed by atoms with van der Waals surface area (Å²) in [6.07, 6.45) is 3.09. The van der Waals surface area contributed by atoms with E-state index in [2.05, 4.69) is 12.2 Å². The summed E-state index contributed by atoms with van der Waals surface area (Å²) >= 11 is 1.40. The van der Waals surface area contributed by atoms with Crippen molar-refractivity contribution in [3.05, 3.63) is 59.2 Å². The minimum absolute atomic E-state index is 0.157. The van der Waals surface area contributed by atoms with Crippen molar-refractivity contribution in [2.75, 3.05) is 5.32 Å². The van der Waals surface area contributed by atoms with Crippen molar-refractivity contribution < 1.29 is 22.4 Å². The van der Waals surface area contributed by atoms with E-state index in [-0.39, 0.29) is 11.3 Å². The third-order valence-corrected chi connectivity index (χ3v) is 5.70. The predicted octanol–water partition coefficient (Wildman–Crippen LogP) is 5.78. The average molecular weight is 383 g/mol. The molecule has 7 heteroatoms. The quantitative estimate of drug-likeness (QED) is 0.536. The summed E-state index contributed by atoms with van der Waals surface area (Å²) in [5.41, 5.74) is -0.0559. The van der Waals surface area contributed by atoms with Gasteiger partial charge in [0.1, 0.15) is 5.82 Å². The highest BCUT2D eigenvalue weighted by molar-refractivity contribution is 8.00. The third-order valence-electron chi connectivity index (χ3n) is 4.38. The van der Waals surface area contributed by atoms with Gasteiger partial charge in [0.05, 0.1) is 0 Å². The zero-order valence-electron chi connectivity index (χ0n) is 14.0. The fourth-order valence-electron chi connectivity index (χ4n) is 3.01. The molecule has 0 aliphatic heterocycles. The summed E-state index contributed by atoms with van der Waals surface area (Å²) in [7, 11) is 0. The van der Waals surface area contributed by atoms with Gasteiger partial charge in [-0.05, 0) is 43.4 Å². The van der Waals surface area contributed by atoms with E-state index in [0.717, 1.165) is 19.3 Å². The van der Waals surface area contributed by atoms with Crippen LogP contribution in [-0.2, 0) is 0 Å². The molecule has 0 heterocycles. The first-order chi connectivity index (χ1) is 12.3. The SMILES string of the molecule is CC1CCC(Sc2cc(C(=O)Nc3cc(F)c(F)c(F)c3)ccc2F)C1. The maximum atomic E-state index is 14.1. The number of benzene rings is 2. The number of thioether (sulfide) groups is 1. The molecule has 2 atom stereocenters. The Hall–Kier alpha value is -2.02. The molecule has 1 fully saturated rings. The molecule has 138 valence electrons. The van der Waals surface area contributed by atoms with E-state index >= 15 is 0 Å². The second-order valence-corrected chi connectivity index (χ2v) is 7.85. The molecule has 2 aromatic carbocycles. The summed E-state index contributed by atoms with van der Waals surface area (Å²) < 4.78 is 53.5. The smallest absolute Gasteiger partial charge is 0.255 e. The summed E-state index contributed by atoms with van der Waals surface area (Å²) in [6, 6.07) is 5.29. The second-order valence-electron chi connectivity index (χ2n) is 6.51. The van der Waals surface area contributed by atoms with Crippen LogP contribution in [0.3, 0.4) is 0 Å². The van der Waals surface area contributed by atoms with Gasteiger partial charge in [0.2, 0.25) is 0 Å². The Kier molecular flexibility index (Phi) is 5.55. The van der Waals surface area contributed by atoms with Gasteiger partial charge >= 0.3 is 0 Å². The van der Waals surface area contributed by atoms with Crippen molar-refractivity contribution in [3.8, 4) is 0 Å². The fraction of sp³-hybridized carbons (Fsp3) is 0.316. The Balaban J connectivity index is 1.76. The molecular formula is C19H17F4NOS. The molecular weight excluding hydrogens is 366 g/mol. The highest BCUT2D eigenvalue weighted by Crippen LogP contribution is 2.38. The Morgan fingerprint density at radius 2 is 1.73 bits per heavy atom. The molecule has 0 aromatic heterocycles. The zero-order valence-corrected chi connectivity index (χ0v) is 14.8. The molecule has 1 aliphatic carbocycles. The maximum absolute atomic E-state index is 14.1. The largest absolute Gasteiger partial charge is 0.322 e. The number of anilines is 1. The molecule has 3 rings (SSSR count). The first-order valence-corrected chi connectivity index (χ1v) is 9.13. The van der Waals surface area contributed by atoms with Crippen LogP contribution in [0.25, 0.3) is 0 Å². The molecule has 0 radical (unpaired) electrons. The van der Waals surface area contributed by atoms with Gasteiger partial charge in [0.25, 0.3) is 5.91 Å². The predicted molar refractivity (Wildman–Crippen MR) is 93.3 cm³/mol. The lowest BCUT2D eigenvalue weighted by molar-refractivity contribution is 0.102. The number of hydrogen-bond donors (Lipinski definition) is 1. The molecule has 1 aliphatic rings. The lowest BCUT2D eigenvalue weighted by Gasteiger charge is -2.12. The highest BCUT2D eigenvalue weighted by Gasteiger charge is 2.23. The average Bonchev–Trinajstić information content (AvgIpc) is 2.99. The van der Waals surface area contributed by atoms with Crippen LogP contribution in [0.1, 0.15) is 36.5 Å². The Labute approximate surface area is 153 Å². The second kappa shape index (κ2) is 7.70. The summed E-state index contributed by atoms with van der Waals surface area (Å²) in [5.74, 6) is -4.86. The van der Waals surface area contributed by atoms with Crippen molar-refractivity contribution in [2.45, 2.75) is 36.3 Å². The molecule has 1 N–H and O–H groups in total. The van der Waals surface area contributed by atoms with Crippen LogP contribution >= 0.6 is 11.8 Å². The molecule has 1 amide bonds. The van der Waals surface area contributed by atoms with Crippen LogP contribution in [0, 0.1) is 29.2 Å². The van der Waals surface area contributed by atoms with Crippen molar-refractivity contribution in [1.29, 1.82) is 0 Å². The summed E-state index contributed by atoms with van der Waals surface area (Å²) in [6.45, 7) is 2.15. The normalized spacial score (nSPS) is 19.6. The Morgan fingerprint density at radius 3 is 2.35 bits per heavy atom. The number of halogens is 4. The van der Waals surface area contributed by atoms with E-state index < -0.39 is 29.2 Å². The molecule has 0 bridgehead atoms. The van der Waals surface area contributed by atoms with Crippen LogP contribution in [0.5, 0.6) is 0 Å². The summed E-state index contributed by atoms with van der Waals surface area (Å²) in [4.78, 5) is 12.7. The van der Waals surface area contributed by atoms with Crippen LogP contribution in [0.15, 0.2) is 35.2 Å². The molecule has 2 unspecified atom stereocenters. The van der Waals surface area contributed by atoms with Gasteiger partial charge in [-0.15, -0.1) is 11.8 Å². The lowest BCUT2D eigenvalue weighted by Crippen LogP contribution is -2.13. The number of nitrogens with one attached hydrogen (secondary N) is 1. The van der Waals surface area contributed by atoms with Gasteiger partial charge < -0.3 is 5.32 Å². The molecule has 0 saturated heterocycles.